The Labute approximate surface area is 113 Å². The van der Waals surface area contributed by atoms with E-state index in [0.717, 1.165) is 24.1 Å². The first-order chi connectivity index (χ1) is 9.15. The molecule has 0 atom stereocenters. The standard InChI is InChI=1S/C14H19N3O2/c1-16-9-10-17(14(19)13(16)18)12-7-3-2-5-11(12)6-4-8-15/h2-3,5,7H,4,6,8-10,15H2,1H3. The molecular formula is C14H19N3O2. The lowest BCUT2D eigenvalue weighted by atomic mass is 10.1. The molecule has 2 rings (SSSR count). The van der Waals surface area contributed by atoms with Crippen molar-refractivity contribution >= 4 is 17.5 Å². The number of likely N-dealkylation sites (N-methyl/N-ethyl adjacent to an activating group) is 1. The lowest BCUT2D eigenvalue weighted by Gasteiger charge is -2.32. The summed E-state index contributed by atoms with van der Waals surface area (Å²) in [6.45, 7) is 1.72. The molecule has 1 heterocycles. The van der Waals surface area contributed by atoms with Gasteiger partial charge in [0.1, 0.15) is 0 Å². The van der Waals surface area contributed by atoms with Crippen molar-refractivity contribution in [3.63, 3.8) is 0 Å². The van der Waals surface area contributed by atoms with Gasteiger partial charge in [-0.3, -0.25) is 9.59 Å². The summed E-state index contributed by atoms with van der Waals surface area (Å²) in [4.78, 5) is 26.9. The molecule has 1 aliphatic heterocycles. The molecule has 1 aliphatic rings. The number of para-hydroxylation sites is 1. The number of carbonyl (C=O) groups excluding carboxylic acids is 2. The van der Waals surface area contributed by atoms with Crippen molar-refractivity contribution in [1.82, 2.24) is 4.90 Å². The van der Waals surface area contributed by atoms with Crippen molar-refractivity contribution in [1.29, 1.82) is 0 Å². The van der Waals surface area contributed by atoms with Crippen LogP contribution in [-0.2, 0) is 16.0 Å². The molecule has 0 radical (unpaired) electrons. The molecule has 0 spiro atoms. The van der Waals surface area contributed by atoms with E-state index in [1.807, 2.05) is 24.3 Å². The van der Waals surface area contributed by atoms with Gasteiger partial charge in [-0.25, -0.2) is 0 Å². The Hall–Kier alpha value is -1.88. The number of piperazine rings is 1. The van der Waals surface area contributed by atoms with Crippen molar-refractivity contribution in [2.75, 3.05) is 31.6 Å². The predicted octanol–water partition coefficient (Wildman–Crippen LogP) is 0.383. The minimum absolute atomic E-state index is 0.445. The zero-order valence-corrected chi connectivity index (χ0v) is 11.1. The van der Waals surface area contributed by atoms with Gasteiger partial charge in [-0.1, -0.05) is 18.2 Å². The number of rotatable bonds is 4. The minimum atomic E-state index is -0.450. The first-order valence-corrected chi connectivity index (χ1v) is 6.50. The Balaban J connectivity index is 2.26. The SMILES string of the molecule is CN1CCN(c2ccccc2CCCN)C(=O)C1=O. The fourth-order valence-electron chi connectivity index (χ4n) is 2.24. The number of nitrogens with zero attached hydrogens (tertiary/aromatic N) is 2. The molecular weight excluding hydrogens is 242 g/mol. The Bertz CT molecular complexity index is 487. The van der Waals surface area contributed by atoms with Crippen LogP contribution in [0.15, 0.2) is 24.3 Å². The highest BCUT2D eigenvalue weighted by molar-refractivity contribution is 6.41. The smallest absolute Gasteiger partial charge is 0.316 e. The van der Waals surface area contributed by atoms with Gasteiger partial charge in [-0.15, -0.1) is 0 Å². The molecule has 2 amide bonds. The van der Waals surface area contributed by atoms with Gasteiger partial charge in [0.2, 0.25) is 0 Å². The van der Waals surface area contributed by atoms with Gasteiger partial charge in [0.25, 0.3) is 0 Å². The van der Waals surface area contributed by atoms with Gasteiger partial charge in [-0.2, -0.15) is 0 Å². The molecule has 1 aromatic carbocycles. The second-order valence-corrected chi connectivity index (χ2v) is 4.70. The third-order valence-electron chi connectivity index (χ3n) is 3.37. The number of nitrogens with two attached hydrogens (primary N) is 1. The molecule has 0 bridgehead atoms. The highest BCUT2D eigenvalue weighted by Crippen LogP contribution is 2.23. The molecule has 0 saturated carbocycles. The van der Waals surface area contributed by atoms with Crippen LogP contribution in [0.1, 0.15) is 12.0 Å². The van der Waals surface area contributed by atoms with Crippen LogP contribution in [0.4, 0.5) is 5.69 Å². The number of amides is 2. The normalized spacial score (nSPS) is 16.1. The summed E-state index contributed by atoms with van der Waals surface area (Å²) in [5.41, 5.74) is 7.43. The molecule has 2 N–H and O–H groups in total. The third kappa shape index (κ3) is 2.76. The van der Waals surface area contributed by atoms with Crippen LogP contribution < -0.4 is 10.6 Å². The Morgan fingerprint density at radius 1 is 1.16 bits per heavy atom. The summed E-state index contributed by atoms with van der Waals surface area (Å²) < 4.78 is 0. The van der Waals surface area contributed by atoms with Crippen LogP contribution in [0.3, 0.4) is 0 Å². The highest BCUT2D eigenvalue weighted by Gasteiger charge is 2.31. The van der Waals surface area contributed by atoms with Crippen molar-refractivity contribution in [2.24, 2.45) is 5.73 Å². The molecule has 102 valence electrons. The predicted molar refractivity (Wildman–Crippen MR) is 73.8 cm³/mol. The van der Waals surface area contributed by atoms with Gasteiger partial charge in [-0.05, 0) is 31.0 Å². The summed E-state index contributed by atoms with van der Waals surface area (Å²) in [7, 11) is 1.65. The van der Waals surface area contributed by atoms with Gasteiger partial charge >= 0.3 is 11.8 Å². The van der Waals surface area contributed by atoms with Crippen molar-refractivity contribution in [2.45, 2.75) is 12.8 Å². The second-order valence-electron chi connectivity index (χ2n) is 4.70. The van der Waals surface area contributed by atoms with Crippen molar-refractivity contribution < 1.29 is 9.59 Å². The van der Waals surface area contributed by atoms with Crippen LogP contribution in [0.2, 0.25) is 0 Å². The average Bonchev–Trinajstić information content (AvgIpc) is 2.43. The van der Waals surface area contributed by atoms with E-state index in [9.17, 15) is 9.59 Å². The summed E-state index contributed by atoms with van der Waals surface area (Å²) in [6, 6.07) is 7.71. The van der Waals surface area contributed by atoms with E-state index in [4.69, 9.17) is 5.73 Å². The molecule has 0 unspecified atom stereocenters. The third-order valence-corrected chi connectivity index (χ3v) is 3.37. The minimum Gasteiger partial charge on any atom is -0.336 e. The summed E-state index contributed by atoms with van der Waals surface area (Å²) >= 11 is 0. The molecule has 5 nitrogen and oxygen atoms in total. The number of benzene rings is 1. The Morgan fingerprint density at radius 3 is 2.63 bits per heavy atom. The fraction of sp³-hybridized carbons (Fsp3) is 0.429. The second kappa shape index (κ2) is 5.84. The summed E-state index contributed by atoms with van der Waals surface area (Å²) in [5.74, 6) is -0.895. The number of anilines is 1. The topological polar surface area (TPSA) is 66.6 Å². The van der Waals surface area contributed by atoms with E-state index in [-0.39, 0.29) is 0 Å². The average molecular weight is 261 g/mol. The largest absolute Gasteiger partial charge is 0.336 e. The molecule has 0 aliphatic carbocycles. The van der Waals surface area contributed by atoms with Crippen molar-refractivity contribution in [3.8, 4) is 0 Å². The molecule has 1 fully saturated rings. The van der Waals surface area contributed by atoms with Gasteiger partial charge in [0.05, 0.1) is 0 Å². The number of aryl methyl sites for hydroxylation is 1. The van der Waals surface area contributed by atoms with Gasteiger partial charge in [0.15, 0.2) is 0 Å². The zero-order chi connectivity index (χ0) is 13.8. The Kier molecular flexibility index (Phi) is 4.16. The van der Waals surface area contributed by atoms with Crippen LogP contribution in [0.5, 0.6) is 0 Å². The lowest BCUT2D eigenvalue weighted by Crippen LogP contribution is -2.53. The van der Waals surface area contributed by atoms with E-state index < -0.39 is 11.8 Å². The molecule has 5 heteroatoms. The fourth-order valence-corrected chi connectivity index (χ4v) is 2.24. The maximum Gasteiger partial charge on any atom is 0.316 e. The highest BCUT2D eigenvalue weighted by atomic mass is 16.2. The quantitative estimate of drug-likeness (QED) is 0.797. The van der Waals surface area contributed by atoms with E-state index in [0.29, 0.717) is 19.6 Å². The lowest BCUT2D eigenvalue weighted by molar-refractivity contribution is -0.145. The van der Waals surface area contributed by atoms with E-state index in [2.05, 4.69) is 0 Å². The summed E-state index contributed by atoms with van der Waals surface area (Å²) in [6.07, 6.45) is 1.69. The molecule has 1 saturated heterocycles. The maximum atomic E-state index is 12.1. The maximum absolute atomic E-state index is 12.1. The van der Waals surface area contributed by atoms with Crippen LogP contribution in [0, 0.1) is 0 Å². The summed E-state index contributed by atoms with van der Waals surface area (Å²) in [5, 5.41) is 0. The molecule has 1 aromatic rings. The van der Waals surface area contributed by atoms with Crippen LogP contribution in [-0.4, -0.2) is 43.4 Å². The molecule has 19 heavy (non-hydrogen) atoms. The Morgan fingerprint density at radius 2 is 1.89 bits per heavy atom. The van der Waals surface area contributed by atoms with Gasteiger partial charge in [0, 0.05) is 25.8 Å². The van der Waals surface area contributed by atoms with E-state index in [1.165, 1.54) is 4.90 Å². The van der Waals surface area contributed by atoms with E-state index >= 15 is 0 Å². The van der Waals surface area contributed by atoms with Gasteiger partial charge < -0.3 is 15.5 Å². The van der Waals surface area contributed by atoms with E-state index in [1.54, 1.807) is 11.9 Å². The first kappa shape index (κ1) is 13.5. The van der Waals surface area contributed by atoms with Crippen LogP contribution in [0.25, 0.3) is 0 Å². The number of carbonyl (C=O) groups is 2. The monoisotopic (exact) mass is 261 g/mol. The number of hydrogen-bond donors (Lipinski definition) is 1. The van der Waals surface area contributed by atoms with Crippen LogP contribution >= 0.6 is 0 Å². The zero-order valence-electron chi connectivity index (χ0n) is 11.1. The molecule has 0 aromatic heterocycles. The first-order valence-electron chi connectivity index (χ1n) is 6.50. The number of hydrogen-bond acceptors (Lipinski definition) is 3. The van der Waals surface area contributed by atoms with Crippen molar-refractivity contribution in [3.05, 3.63) is 29.8 Å².